The first-order valence-electron chi connectivity index (χ1n) is 11.2. The van der Waals surface area contributed by atoms with E-state index in [0.717, 1.165) is 23.3 Å². The molecule has 178 valence electrons. The van der Waals surface area contributed by atoms with Gasteiger partial charge < -0.3 is 9.88 Å². The Morgan fingerprint density at radius 3 is 2.66 bits per heavy atom. The van der Waals surface area contributed by atoms with Crippen molar-refractivity contribution in [2.24, 2.45) is 11.8 Å². The summed E-state index contributed by atoms with van der Waals surface area (Å²) in [6.07, 6.45) is 2.39. The summed E-state index contributed by atoms with van der Waals surface area (Å²) in [4.78, 5) is 36.8. The summed E-state index contributed by atoms with van der Waals surface area (Å²) >= 11 is 2.73. The third-order valence-electron chi connectivity index (χ3n) is 5.95. The number of H-pyrrole nitrogens is 1. The molecule has 3 rings (SSSR count). The highest BCUT2D eigenvalue weighted by molar-refractivity contribution is 7.99. The van der Waals surface area contributed by atoms with E-state index in [4.69, 9.17) is 0 Å². The summed E-state index contributed by atoms with van der Waals surface area (Å²) < 4.78 is 23.8. The SMILES string of the molecule is CCC(C)Cc1c(C)sc2nc(SCC(=O)N(CC(C)C)C3CCS(=O)(=O)C3)[nH]c(=O)c12. The molecular weight excluding hydrogens is 466 g/mol. The summed E-state index contributed by atoms with van der Waals surface area (Å²) in [5, 5.41) is 1.09. The number of rotatable bonds is 9. The van der Waals surface area contributed by atoms with E-state index < -0.39 is 9.84 Å². The number of carbonyl (C=O) groups excluding carboxylic acids is 1. The van der Waals surface area contributed by atoms with Crippen LogP contribution in [0.25, 0.3) is 10.2 Å². The van der Waals surface area contributed by atoms with E-state index in [1.807, 2.05) is 20.8 Å². The van der Waals surface area contributed by atoms with Gasteiger partial charge in [-0.2, -0.15) is 0 Å². The van der Waals surface area contributed by atoms with Gasteiger partial charge in [0, 0.05) is 17.5 Å². The Balaban J connectivity index is 1.77. The standard InChI is InChI=1S/C22H33N3O4S3/c1-6-14(4)9-17-15(5)31-21-19(17)20(27)23-22(24-21)30-11-18(26)25(10-13(2)3)16-7-8-32(28,29)12-16/h13-14,16H,6-12H2,1-5H3,(H,23,24,27). The summed E-state index contributed by atoms with van der Waals surface area (Å²) in [5.74, 6) is 0.887. The molecule has 2 atom stereocenters. The van der Waals surface area contributed by atoms with Crippen molar-refractivity contribution in [2.45, 2.75) is 65.1 Å². The molecule has 2 aromatic rings. The molecule has 1 amide bonds. The first kappa shape index (κ1) is 25.2. The second kappa shape index (κ2) is 10.3. The highest BCUT2D eigenvalue weighted by Gasteiger charge is 2.34. The number of thioether (sulfide) groups is 1. The predicted molar refractivity (Wildman–Crippen MR) is 132 cm³/mol. The molecule has 0 radical (unpaired) electrons. The Morgan fingerprint density at radius 1 is 1.34 bits per heavy atom. The van der Waals surface area contributed by atoms with Gasteiger partial charge in [-0.3, -0.25) is 9.59 Å². The maximum Gasteiger partial charge on any atom is 0.260 e. The molecule has 0 saturated carbocycles. The lowest BCUT2D eigenvalue weighted by molar-refractivity contribution is -0.130. The fourth-order valence-electron chi connectivity index (χ4n) is 4.04. The molecule has 10 heteroatoms. The molecule has 1 aliphatic rings. The minimum absolute atomic E-state index is 0.0323. The molecule has 7 nitrogen and oxygen atoms in total. The van der Waals surface area contributed by atoms with E-state index in [-0.39, 0.29) is 40.7 Å². The molecule has 0 aromatic carbocycles. The Kier molecular flexibility index (Phi) is 8.09. The Labute approximate surface area is 198 Å². The predicted octanol–water partition coefficient (Wildman–Crippen LogP) is 3.65. The Hall–Kier alpha value is -1.39. The van der Waals surface area contributed by atoms with E-state index in [0.29, 0.717) is 34.3 Å². The fourth-order valence-corrected chi connectivity index (χ4v) is 7.63. The van der Waals surface area contributed by atoms with Gasteiger partial charge in [-0.05, 0) is 37.2 Å². The number of nitrogens with zero attached hydrogens (tertiary/aromatic N) is 2. The quantitative estimate of drug-likeness (QED) is 0.418. The minimum atomic E-state index is -3.08. The maximum absolute atomic E-state index is 13.0. The number of fused-ring (bicyclic) bond motifs is 1. The van der Waals surface area contributed by atoms with E-state index in [9.17, 15) is 18.0 Å². The van der Waals surface area contributed by atoms with Crippen molar-refractivity contribution in [3.8, 4) is 0 Å². The van der Waals surface area contributed by atoms with Crippen LogP contribution in [-0.4, -0.2) is 59.0 Å². The van der Waals surface area contributed by atoms with E-state index >= 15 is 0 Å². The maximum atomic E-state index is 13.0. The van der Waals surface area contributed by atoms with Crippen molar-refractivity contribution in [1.29, 1.82) is 0 Å². The highest BCUT2D eigenvalue weighted by atomic mass is 32.2. The first-order chi connectivity index (χ1) is 15.0. The molecule has 3 heterocycles. The van der Waals surface area contributed by atoms with Crippen LogP contribution in [0.1, 0.15) is 51.0 Å². The van der Waals surface area contributed by atoms with Crippen molar-refractivity contribution in [1.82, 2.24) is 14.9 Å². The number of amides is 1. The van der Waals surface area contributed by atoms with Crippen LogP contribution in [0.2, 0.25) is 0 Å². The average Bonchev–Trinajstić information content (AvgIpc) is 3.22. The molecule has 0 aliphatic carbocycles. The van der Waals surface area contributed by atoms with Gasteiger partial charge in [-0.1, -0.05) is 45.9 Å². The Bertz CT molecular complexity index is 1140. The molecule has 1 aliphatic heterocycles. The lowest BCUT2D eigenvalue weighted by Crippen LogP contribution is -2.44. The monoisotopic (exact) mass is 499 g/mol. The summed E-state index contributed by atoms with van der Waals surface area (Å²) in [6.45, 7) is 10.9. The fraction of sp³-hybridized carbons (Fsp3) is 0.682. The van der Waals surface area contributed by atoms with Gasteiger partial charge in [0.05, 0.1) is 22.6 Å². The molecule has 1 saturated heterocycles. The van der Waals surface area contributed by atoms with Gasteiger partial charge in [-0.15, -0.1) is 11.3 Å². The van der Waals surface area contributed by atoms with Crippen LogP contribution in [0.3, 0.4) is 0 Å². The normalized spacial score (nSPS) is 19.0. The molecule has 2 aromatic heterocycles. The lowest BCUT2D eigenvalue weighted by atomic mass is 9.98. The number of hydrogen-bond donors (Lipinski definition) is 1. The van der Waals surface area contributed by atoms with Crippen molar-refractivity contribution in [2.75, 3.05) is 23.8 Å². The molecule has 0 spiro atoms. The van der Waals surface area contributed by atoms with Crippen LogP contribution in [0.5, 0.6) is 0 Å². The van der Waals surface area contributed by atoms with Gasteiger partial charge in [0.25, 0.3) is 5.56 Å². The van der Waals surface area contributed by atoms with Crippen LogP contribution < -0.4 is 5.56 Å². The van der Waals surface area contributed by atoms with E-state index in [2.05, 4.69) is 23.8 Å². The van der Waals surface area contributed by atoms with Crippen molar-refractivity contribution < 1.29 is 13.2 Å². The minimum Gasteiger partial charge on any atom is -0.338 e. The molecule has 32 heavy (non-hydrogen) atoms. The highest BCUT2D eigenvalue weighted by Crippen LogP contribution is 2.31. The van der Waals surface area contributed by atoms with Crippen LogP contribution >= 0.6 is 23.1 Å². The van der Waals surface area contributed by atoms with Crippen molar-refractivity contribution in [3.63, 3.8) is 0 Å². The first-order valence-corrected chi connectivity index (χ1v) is 14.8. The Morgan fingerprint density at radius 2 is 2.06 bits per heavy atom. The number of aromatic amines is 1. The largest absolute Gasteiger partial charge is 0.338 e. The molecular formula is C22H33N3O4S3. The van der Waals surface area contributed by atoms with Gasteiger partial charge >= 0.3 is 0 Å². The second-order valence-electron chi connectivity index (χ2n) is 9.19. The summed E-state index contributed by atoms with van der Waals surface area (Å²) in [6, 6.07) is -0.270. The van der Waals surface area contributed by atoms with Crippen LogP contribution in [-0.2, 0) is 21.1 Å². The van der Waals surface area contributed by atoms with Crippen LogP contribution in [0.4, 0.5) is 0 Å². The molecule has 1 fully saturated rings. The van der Waals surface area contributed by atoms with Gasteiger partial charge in [0.2, 0.25) is 5.91 Å². The van der Waals surface area contributed by atoms with Crippen molar-refractivity contribution >= 4 is 49.1 Å². The third-order valence-corrected chi connectivity index (χ3v) is 9.60. The van der Waals surface area contributed by atoms with Gasteiger partial charge in [-0.25, -0.2) is 13.4 Å². The second-order valence-corrected chi connectivity index (χ2v) is 13.6. The average molecular weight is 500 g/mol. The zero-order valence-corrected chi connectivity index (χ0v) is 21.9. The number of carbonyl (C=O) groups is 1. The molecule has 2 unspecified atom stereocenters. The third kappa shape index (κ3) is 5.94. The van der Waals surface area contributed by atoms with E-state index in [1.165, 1.54) is 23.1 Å². The zero-order chi connectivity index (χ0) is 23.6. The van der Waals surface area contributed by atoms with Crippen LogP contribution in [0, 0.1) is 18.8 Å². The number of sulfone groups is 1. The number of aromatic nitrogens is 2. The van der Waals surface area contributed by atoms with E-state index in [1.54, 1.807) is 4.90 Å². The number of thiophene rings is 1. The number of nitrogens with one attached hydrogen (secondary N) is 1. The molecule has 0 bridgehead atoms. The zero-order valence-electron chi connectivity index (χ0n) is 19.4. The summed E-state index contributed by atoms with van der Waals surface area (Å²) in [5.41, 5.74) is 0.916. The van der Waals surface area contributed by atoms with Gasteiger partial charge in [0.1, 0.15) is 4.83 Å². The van der Waals surface area contributed by atoms with Crippen LogP contribution in [0.15, 0.2) is 9.95 Å². The smallest absolute Gasteiger partial charge is 0.260 e. The number of hydrogen-bond acceptors (Lipinski definition) is 7. The van der Waals surface area contributed by atoms with Crippen molar-refractivity contribution in [3.05, 3.63) is 20.8 Å². The van der Waals surface area contributed by atoms with Gasteiger partial charge in [0.15, 0.2) is 15.0 Å². The lowest BCUT2D eigenvalue weighted by Gasteiger charge is -2.29. The summed E-state index contributed by atoms with van der Waals surface area (Å²) in [7, 11) is -3.08. The molecule has 1 N–H and O–H groups in total. The topological polar surface area (TPSA) is 100 Å². The number of aryl methyl sites for hydroxylation is 1.